The van der Waals surface area contributed by atoms with Gasteiger partial charge in [-0.05, 0) is 31.1 Å². The first kappa shape index (κ1) is 9.90. The highest BCUT2D eigenvalue weighted by atomic mass is 19.1. The van der Waals surface area contributed by atoms with Crippen molar-refractivity contribution in [2.75, 3.05) is 6.61 Å². The summed E-state index contributed by atoms with van der Waals surface area (Å²) in [4.78, 5) is 11.8. The zero-order valence-corrected chi connectivity index (χ0v) is 8.20. The van der Waals surface area contributed by atoms with Crippen LogP contribution in [0.2, 0.25) is 0 Å². The maximum absolute atomic E-state index is 12.9. The normalized spacial score (nSPS) is 15.4. The average Bonchev–Trinajstić information content (AvgIpc) is 2.29. The molecule has 0 unspecified atom stereocenters. The molecule has 3 heteroatoms. The Morgan fingerprint density at radius 1 is 1.40 bits per heavy atom. The highest BCUT2D eigenvalue weighted by Crippen LogP contribution is 2.16. The summed E-state index contributed by atoms with van der Waals surface area (Å²) in [5, 5.41) is 0. The standard InChI is InChI=1S/C12H11FO2/c13-10-5-3-4-9(8-10)12(14)11-6-1-2-7-15-11/h3-6,8H,1-2,7H2. The van der Waals surface area contributed by atoms with Gasteiger partial charge < -0.3 is 4.74 Å². The van der Waals surface area contributed by atoms with Gasteiger partial charge in [0.1, 0.15) is 5.82 Å². The van der Waals surface area contributed by atoms with E-state index in [1.54, 1.807) is 12.1 Å². The van der Waals surface area contributed by atoms with Crippen molar-refractivity contribution in [2.45, 2.75) is 12.8 Å². The number of hydrogen-bond acceptors (Lipinski definition) is 2. The second kappa shape index (κ2) is 4.26. The van der Waals surface area contributed by atoms with Gasteiger partial charge in [-0.3, -0.25) is 4.79 Å². The summed E-state index contributed by atoms with van der Waals surface area (Å²) in [5.41, 5.74) is 0.336. The predicted molar refractivity (Wildman–Crippen MR) is 54.0 cm³/mol. The van der Waals surface area contributed by atoms with Crippen LogP contribution in [0.1, 0.15) is 23.2 Å². The summed E-state index contributed by atoms with van der Waals surface area (Å²) in [6.07, 6.45) is 3.53. The molecule has 0 saturated heterocycles. The van der Waals surface area contributed by atoms with Crippen LogP contribution in [0.4, 0.5) is 4.39 Å². The quantitative estimate of drug-likeness (QED) is 0.695. The summed E-state index contributed by atoms with van der Waals surface area (Å²) < 4.78 is 18.1. The summed E-state index contributed by atoms with van der Waals surface area (Å²) in [6.45, 7) is 0.562. The molecule has 1 aromatic rings. The number of carbonyl (C=O) groups excluding carboxylic acids is 1. The summed E-state index contributed by atoms with van der Waals surface area (Å²) >= 11 is 0. The lowest BCUT2D eigenvalue weighted by Crippen LogP contribution is -2.11. The van der Waals surface area contributed by atoms with Crippen molar-refractivity contribution in [1.82, 2.24) is 0 Å². The molecule has 0 spiro atoms. The third kappa shape index (κ3) is 2.24. The van der Waals surface area contributed by atoms with Crippen LogP contribution in [0.15, 0.2) is 36.1 Å². The highest BCUT2D eigenvalue weighted by Gasteiger charge is 2.16. The molecule has 2 rings (SSSR count). The fraction of sp³-hybridized carbons (Fsp3) is 0.250. The molecule has 0 bridgehead atoms. The molecule has 0 N–H and O–H groups in total. The molecule has 2 nitrogen and oxygen atoms in total. The number of halogens is 1. The summed E-state index contributed by atoms with van der Waals surface area (Å²) in [7, 11) is 0. The van der Waals surface area contributed by atoms with E-state index in [-0.39, 0.29) is 5.78 Å². The van der Waals surface area contributed by atoms with Crippen molar-refractivity contribution in [3.8, 4) is 0 Å². The second-order valence-electron chi connectivity index (χ2n) is 3.40. The molecule has 15 heavy (non-hydrogen) atoms. The molecule has 78 valence electrons. The molecule has 0 radical (unpaired) electrons. The number of benzene rings is 1. The summed E-state index contributed by atoms with van der Waals surface area (Å²) in [6, 6.07) is 5.64. The van der Waals surface area contributed by atoms with Gasteiger partial charge in [-0.1, -0.05) is 12.1 Å². The van der Waals surface area contributed by atoms with E-state index >= 15 is 0 Å². The van der Waals surface area contributed by atoms with Crippen molar-refractivity contribution >= 4 is 5.78 Å². The van der Waals surface area contributed by atoms with E-state index in [1.807, 2.05) is 0 Å². The van der Waals surface area contributed by atoms with Crippen molar-refractivity contribution in [3.05, 3.63) is 47.5 Å². The first-order valence-corrected chi connectivity index (χ1v) is 4.90. The van der Waals surface area contributed by atoms with Crippen molar-refractivity contribution in [2.24, 2.45) is 0 Å². The Morgan fingerprint density at radius 2 is 2.27 bits per heavy atom. The van der Waals surface area contributed by atoms with Crippen molar-refractivity contribution in [1.29, 1.82) is 0 Å². The minimum absolute atomic E-state index is 0.241. The molecule has 0 saturated carbocycles. The Bertz CT molecular complexity index is 410. The van der Waals surface area contributed by atoms with E-state index < -0.39 is 5.82 Å². The Labute approximate surface area is 87.4 Å². The van der Waals surface area contributed by atoms with Crippen LogP contribution in [0.5, 0.6) is 0 Å². The van der Waals surface area contributed by atoms with Crippen LogP contribution in [-0.2, 0) is 4.74 Å². The van der Waals surface area contributed by atoms with Gasteiger partial charge in [-0.25, -0.2) is 4.39 Å². The lowest BCUT2D eigenvalue weighted by molar-refractivity contribution is 0.0898. The molecular formula is C12H11FO2. The monoisotopic (exact) mass is 206 g/mol. The molecule has 0 aromatic heterocycles. The van der Waals surface area contributed by atoms with E-state index in [0.29, 0.717) is 17.9 Å². The topological polar surface area (TPSA) is 26.3 Å². The van der Waals surface area contributed by atoms with Crippen LogP contribution in [0.3, 0.4) is 0 Å². The molecule has 0 aliphatic carbocycles. The maximum Gasteiger partial charge on any atom is 0.227 e. The first-order chi connectivity index (χ1) is 7.27. The SMILES string of the molecule is O=C(C1=CCCCO1)c1cccc(F)c1. The van der Waals surface area contributed by atoms with Crippen molar-refractivity contribution < 1.29 is 13.9 Å². The highest BCUT2D eigenvalue weighted by molar-refractivity contribution is 6.07. The molecule has 0 atom stereocenters. The summed E-state index contributed by atoms with van der Waals surface area (Å²) in [5.74, 6) is -0.307. The lowest BCUT2D eigenvalue weighted by atomic mass is 10.1. The first-order valence-electron chi connectivity index (χ1n) is 4.90. The van der Waals surface area contributed by atoms with Crippen LogP contribution in [-0.4, -0.2) is 12.4 Å². The van der Waals surface area contributed by atoms with Gasteiger partial charge in [-0.2, -0.15) is 0 Å². The van der Waals surface area contributed by atoms with Gasteiger partial charge in [0, 0.05) is 5.56 Å². The van der Waals surface area contributed by atoms with Crippen LogP contribution in [0, 0.1) is 5.82 Å². The number of hydrogen-bond donors (Lipinski definition) is 0. The van der Waals surface area contributed by atoms with E-state index in [9.17, 15) is 9.18 Å². The fourth-order valence-electron chi connectivity index (χ4n) is 1.49. The van der Waals surface area contributed by atoms with Crippen LogP contribution < -0.4 is 0 Å². The van der Waals surface area contributed by atoms with Gasteiger partial charge in [0.15, 0.2) is 5.76 Å². The van der Waals surface area contributed by atoms with E-state index in [2.05, 4.69) is 0 Å². The number of carbonyl (C=O) groups is 1. The van der Waals surface area contributed by atoms with Crippen LogP contribution >= 0.6 is 0 Å². The molecule has 1 heterocycles. The molecule has 1 aliphatic rings. The Kier molecular flexibility index (Phi) is 2.81. The molecule has 1 aliphatic heterocycles. The van der Waals surface area contributed by atoms with Gasteiger partial charge in [-0.15, -0.1) is 0 Å². The van der Waals surface area contributed by atoms with Crippen LogP contribution in [0.25, 0.3) is 0 Å². The van der Waals surface area contributed by atoms with Gasteiger partial charge in [0.25, 0.3) is 0 Å². The number of allylic oxidation sites excluding steroid dienone is 2. The maximum atomic E-state index is 12.9. The fourth-order valence-corrected chi connectivity index (χ4v) is 1.49. The van der Waals surface area contributed by atoms with E-state index in [1.165, 1.54) is 18.2 Å². The minimum Gasteiger partial charge on any atom is -0.490 e. The predicted octanol–water partition coefficient (Wildman–Crippen LogP) is 2.70. The number of ether oxygens (including phenoxy) is 1. The van der Waals surface area contributed by atoms with Crippen molar-refractivity contribution in [3.63, 3.8) is 0 Å². The molecule has 0 fully saturated rings. The zero-order chi connectivity index (χ0) is 10.7. The largest absolute Gasteiger partial charge is 0.490 e. The zero-order valence-electron chi connectivity index (χ0n) is 8.20. The van der Waals surface area contributed by atoms with E-state index in [0.717, 1.165) is 12.8 Å². The number of Topliss-reactive ketones (excluding diaryl/α,β-unsaturated/α-hetero) is 1. The third-order valence-electron chi connectivity index (χ3n) is 2.25. The van der Waals surface area contributed by atoms with Gasteiger partial charge >= 0.3 is 0 Å². The smallest absolute Gasteiger partial charge is 0.227 e. The number of ketones is 1. The lowest BCUT2D eigenvalue weighted by Gasteiger charge is -2.13. The molecule has 0 amide bonds. The minimum atomic E-state index is -0.405. The second-order valence-corrected chi connectivity index (χ2v) is 3.40. The van der Waals surface area contributed by atoms with Gasteiger partial charge in [0.2, 0.25) is 5.78 Å². The average molecular weight is 206 g/mol. The number of rotatable bonds is 2. The van der Waals surface area contributed by atoms with E-state index in [4.69, 9.17) is 4.74 Å². The molecule has 1 aromatic carbocycles. The third-order valence-corrected chi connectivity index (χ3v) is 2.25. The Balaban J connectivity index is 2.24. The Hall–Kier alpha value is -1.64. The Morgan fingerprint density at radius 3 is 2.93 bits per heavy atom. The molecular weight excluding hydrogens is 195 g/mol. The van der Waals surface area contributed by atoms with Gasteiger partial charge in [0.05, 0.1) is 6.61 Å².